The van der Waals surface area contributed by atoms with E-state index in [1.165, 1.54) is 24.4 Å². The molecule has 4 nitrogen and oxygen atoms in total. The molecule has 21 heavy (non-hydrogen) atoms. The van der Waals surface area contributed by atoms with Crippen LogP contribution in [0.15, 0.2) is 30.5 Å². The van der Waals surface area contributed by atoms with Crippen molar-refractivity contribution in [2.75, 3.05) is 5.32 Å². The lowest BCUT2D eigenvalue weighted by molar-refractivity contribution is 0.1000. The average molecular weight is 328 g/mol. The van der Waals surface area contributed by atoms with E-state index in [9.17, 15) is 9.18 Å². The van der Waals surface area contributed by atoms with E-state index in [2.05, 4.69) is 10.3 Å². The van der Waals surface area contributed by atoms with Crippen molar-refractivity contribution in [1.82, 2.24) is 4.98 Å². The minimum Gasteiger partial charge on any atom is -0.366 e. The molecule has 3 N–H and O–H groups in total. The number of rotatable bonds is 4. The molecule has 0 aliphatic heterocycles. The number of carbonyl (C=O) groups is 1. The molecule has 1 heterocycles. The Labute approximate surface area is 131 Å². The maximum Gasteiger partial charge on any atom is 0.250 e. The van der Waals surface area contributed by atoms with Gasteiger partial charge in [0, 0.05) is 11.2 Å². The smallest absolute Gasteiger partial charge is 0.250 e. The molecule has 0 spiro atoms. The zero-order chi connectivity index (χ0) is 15.6. The van der Waals surface area contributed by atoms with Crippen LogP contribution in [0.5, 0.6) is 0 Å². The monoisotopic (exact) mass is 327 g/mol. The first-order valence-electron chi connectivity index (χ1n) is 6.05. The number of hydrogen-bond acceptors (Lipinski definition) is 3. The summed E-state index contributed by atoms with van der Waals surface area (Å²) in [4.78, 5) is 15.1. The molecule has 7 heteroatoms. The third-order valence-electron chi connectivity index (χ3n) is 2.91. The number of nitrogens with two attached hydrogens (primary N) is 1. The van der Waals surface area contributed by atoms with Crippen LogP contribution in [0.4, 0.5) is 10.2 Å². The van der Waals surface area contributed by atoms with Gasteiger partial charge in [0.05, 0.1) is 16.6 Å². The van der Waals surface area contributed by atoms with E-state index in [4.69, 9.17) is 28.9 Å². The molecule has 0 aliphatic carbocycles. The normalized spacial score (nSPS) is 12.0. The van der Waals surface area contributed by atoms with Crippen molar-refractivity contribution in [3.8, 4) is 0 Å². The minimum atomic E-state index is -0.606. The number of amides is 1. The minimum absolute atomic E-state index is 0.220. The van der Waals surface area contributed by atoms with Gasteiger partial charge < -0.3 is 11.1 Å². The van der Waals surface area contributed by atoms with Gasteiger partial charge in [-0.05, 0) is 30.7 Å². The average Bonchev–Trinajstić information content (AvgIpc) is 2.40. The van der Waals surface area contributed by atoms with Gasteiger partial charge in [-0.15, -0.1) is 0 Å². The van der Waals surface area contributed by atoms with Gasteiger partial charge >= 0.3 is 0 Å². The number of pyridine rings is 1. The first-order valence-corrected chi connectivity index (χ1v) is 6.81. The summed E-state index contributed by atoms with van der Waals surface area (Å²) in [7, 11) is 0. The van der Waals surface area contributed by atoms with Crippen molar-refractivity contribution in [3.63, 3.8) is 0 Å². The molecule has 0 radical (unpaired) electrons. The van der Waals surface area contributed by atoms with Gasteiger partial charge in [-0.1, -0.05) is 29.3 Å². The Morgan fingerprint density at radius 3 is 2.62 bits per heavy atom. The number of halogens is 3. The van der Waals surface area contributed by atoms with Crippen LogP contribution < -0.4 is 11.1 Å². The Hall–Kier alpha value is -1.85. The van der Waals surface area contributed by atoms with Crippen molar-refractivity contribution in [2.24, 2.45) is 5.73 Å². The summed E-state index contributed by atoms with van der Waals surface area (Å²) in [5, 5.41) is 3.62. The highest BCUT2D eigenvalue weighted by molar-refractivity contribution is 6.33. The number of hydrogen-bond donors (Lipinski definition) is 2. The maximum atomic E-state index is 13.0. The second-order valence-corrected chi connectivity index (χ2v) is 5.26. The Morgan fingerprint density at radius 2 is 2.05 bits per heavy atom. The van der Waals surface area contributed by atoms with Crippen LogP contribution in [0.1, 0.15) is 28.9 Å². The zero-order valence-corrected chi connectivity index (χ0v) is 12.5. The van der Waals surface area contributed by atoms with Crippen molar-refractivity contribution in [3.05, 3.63) is 57.5 Å². The molecule has 0 aliphatic rings. The van der Waals surface area contributed by atoms with E-state index >= 15 is 0 Å². The van der Waals surface area contributed by atoms with Crippen LogP contribution in [0.2, 0.25) is 10.0 Å². The summed E-state index contributed by atoms with van der Waals surface area (Å²) in [6.07, 6.45) is 1.33. The number of anilines is 1. The van der Waals surface area contributed by atoms with E-state index in [0.717, 1.165) is 0 Å². The van der Waals surface area contributed by atoms with Crippen LogP contribution in [0.25, 0.3) is 0 Å². The number of nitrogens with zero attached hydrogens (tertiary/aromatic N) is 1. The summed E-state index contributed by atoms with van der Waals surface area (Å²) in [5.41, 5.74) is 6.07. The summed E-state index contributed by atoms with van der Waals surface area (Å²) < 4.78 is 13.0. The molecule has 110 valence electrons. The number of carbonyl (C=O) groups excluding carboxylic acids is 1. The largest absolute Gasteiger partial charge is 0.366 e. The summed E-state index contributed by atoms with van der Waals surface area (Å²) in [5.74, 6) is -0.627. The first kappa shape index (κ1) is 15.5. The van der Waals surface area contributed by atoms with E-state index in [1.54, 1.807) is 6.07 Å². The summed E-state index contributed by atoms with van der Waals surface area (Å²) in [6.45, 7) is 1.83. The SMILES string of the molecule is CC(Nc1ncc(C(N)=O)cc1Cl)c1ccc(F)cc1Cl. The van der Waals surface area contributed by atoms with Gasteiger partial charge in [0.15, 0.2) is 0 Å². The molecule has 0 bridgehead atoms. The molecule has 0 fully saturated rings. The second-order valence-electron chi connectivity index (χ2n) is 4.45. The van der Waals surface area contributed by atoms with E-state index < -0.39 is 11.7 Å². The molecule has 0 saturated carbocycles. The van der Waals surface area contributed by atoms with E-state index in [1.807, 2.05) is 6.92 Å². The van der Waals surface area contributed by atoms with Gasteiger partial charge in [-0.25, -0.2) is 9.37 Å². The number of benzene rings is 1. The van der Waals surface area contributed by atoms with Crippen LogP contribution in [-0.4, -0.2) is 10.9 Å². The first-order chi connectivity index (χ1) is 9.88. The van der Waals surface area contributed by atoms with Crippen molar-refractivity contribution < 1.29 is 9.18 Å². The quantitative estimate of drug-likeness (QED) is 0.897. The molecule has 1 aromatic carbocycles. The highest BCUT2D eigenvalue weighted by atomic mass is 35.5. The molecule has 0 saturated heterocycles. The number of primary amides is 1. The topological polar surface area (TPSA) is 68.0 Å². The van der Waals surface area contributed by atoms with Gasteiger partial charge in [-0.3, -0.25) is 4.79 Å². The Balaban J connectivity index is 2.23. The lowest BCUT2D eigenvalue weighted by Crippen LogP contribution is -2.13. The highest BCUT2D eigenvalue weighted by Gasteiger charge is 2.13. The zero-order valence-electron chi connectivity index (χ0n) is 11.0. The third-order valence-corrected chi connectivity index (χ3v) is 3.52. The fourth-order valence-corrected chi connectivity index (χ4v) is 2.37. The van der Waals surface area contributed by atoms with Crippen molar-refractivity contribution in [1.29, 1.82) is 0 Å². The lowest BCUT2D eigenvalue weighted by Gasteiger charge is -2.17. The van der Waals surface area contributed by atoms with Crippen LogP contribution in [0.3, 0.4) is 0 Å². The molecule has 1 unspecified atom stereocenters. The number of nitrogens with one attached hydrogen (secondary N) is 1. The van der Waals surface area contributed by atoms with Crippen molar-refractivity contribution >= 4 is 34.9 Å². The Morgan fingerprint density at radius 1 is 1.33 bits per heavy atom. The molecular weight excluding hydrogens is 316 g/mol. The maximum absolute atomic E-state index is 13.0. The predicted molar refractivity (Wildman–Crippen MR) is 81.2 cm³/mol. The molecule has 2 aromatic rings. The highest BCUT2D eigenvalue weighted by Crippen LogP contribution is 2.28. The van der Waals surface area contributed by atoms with Crippen LogP contribution in [0, 0.1) is 5.82 Å². The molecule has 1 aromatic heterocycles. The third kappa shape index (κ3) is 3.62. The fourth-order valence-electron chi connectivity index (χ4n) is 1.81. The Kier molecular flexibility index (Phi) is 4.65. The van der Waals surface area contributed by atoms with Crippen molar-refractivity contribution in [2.45, 2.75) is 13.0 Å². The Bertz CT molecular complexity index is 694. The van der Waals surface area contributed by atoms with Crippen LogP contribution in [-0.2, 0) is 0 Å². The van der Waals surface area contributed by atoms with E-state index in [0.29, 0.717) is 16.4 Å². The fraction of sp³-hybridized carbons (Fsp3) is 0.143. The lowest BCUT2D eigenvalue weighted by atomic mass is 10.1. The predicted octanol–water partition coefficient (Wildman–Crippen LogP) is 3.80. The second kappa shape index (κ2) is 6.28. The summed E-state index contributed by atoms with van der Waals surface area (Å²) in [6, 6.07) is 5.33. The molecule has 2 rings (SSSR count). The van der Waals surface area contributed by atoms with Gasteiger partial charge in [0.2, 0.25) is 5.91 Å². The number of aromatic nitrogens is 1. The molecular formula is C14H12Cl2FN3O. The summed E-state index contributed by atoms with van der Waals surface area (Å²) >= 11 is 12.0. The molecule has 1 amide bonds. The van der Waals surface area contributed by atoms with Crippen LogP contribution >= 0.6 is 23.2 Å². The standard InChI is InChI=1S/C14H12Cl2FN3O/c1-7(10-3-2-9(17)5-11(10)15)20-14-12(16)4-8(6-19-14)13(18)21/h2-7H,1H3,(H2,18,21)(H,19,20). The van der Waals surface area contributed by atoms with Gasteiger partial charge in [0.1, 0.15) is 11.6 Å². The van der Waals surface area contributed by atoms with E-state index in [-0.39, 0.29) is 16.6 Å². The van der Waals surface area contributed by atoms with Gasteiger partial charge in [0.25, 0.3) is 0 Å². The van der Waals surface area contributed by atoms with Gasteiger partial charge in [-0.2, -0.15) is 0 Å². The molecule has 1 atom stereocenters.